The largest absolute Gasteiger partial charge is 0.362 e. The molecule has 0 aliphatic rings. The highest BCUT2D eigenvalue weighted by molar-refractivity contribution is 7.10. The number of rotatable bonds is 5. The molecule has 2 aromatic carbocycles. The molecule has 5 nitrogen and oxygen atoms in total. The molecule has 0 spiro atoms. The Morgan fingerprint density at radius 3 is 2.76 bits per heavy atom. The van der Waals surface area contributed by atoms with Gasteiger partial charge in [-0.25, -0.2) is 9.37 Å². The van der Waals surface area contributed by atoms with Gasteiger partial charge in [0.15, 0.2) is 0 Å². The van der Waals surface area contributed by atoms with Gasteiger partial charge >= 0.3 is 0 Å². The number of fused-ring (bicyclic) bond motifs is 1. The van der Waals surface area contributed by atoms with Crippen LogP contribution in [0.15, 0.2) is 53.9 Å². The fourth-order valence-corrected chi connectivity index (χ4v) is 3.84. The zero-order chi connectivity index (χ0) is 20.4. The van der Waals surface area contributed by atoms with Crippen molar-refractivity contribution in [3.8, 4) is 6.07 Å². The summed E-state index contributed by atoms with van der Waals surface area (Å²) in [5, 5.41) is 18.7. The van der Waals surface area contributed by atoms with E-state index >= 15 is 0 Å². The van der Waals surface area contributed by atoms with E-state index in [2.05, 4.69) is 26.7 Å². The number of halogens is 2. The van der Waals surface area contributed by atoms with E-state index in [-0.39, 0.29) is 17.0 Å². The van der Waals surface area contributed by atoms with Crippen molar-refractivity contribution in [3.05, 3.63) is 75.2 Å². The first-order valence-corrected chi connectivity index (χ1v) is 10.0. The summed E-state index contributed by atoms with van der Waals surface area (Å²) in [5.74, 6) is 0.378. The van der Waals surface area contributed by atoms with Crippen LogP contribution >= 0.6 is 22.9 Å². The predicted octanol–water partition coefficient (Wildman–Crippen LogP) is 6.27. The number of hydrogen-bond donors (Lipinski definition) is 2. The molecule has 0 saturated carbocycles. The molecule has 8 heteroatoms. The molecule has 4 aromatic rings. The van der Waals surface area contributed by atoms with Crippen molar-refractivity contribution < 1.29 is 4.39 Å². The zero-order valence-electron chi connectivity index (χ0n) is 15.3. The van der Waals surface area contributed by atoms with E-state index in [0.717, 1.165) is 10.3 Å². The lowest BCUT2D eigenvalue weighted by molar-refractivity contribution is 0.628. The monoisotopic (exact) mass is 423 g/mol. The minimum absolute atomic E-state index is 0.00170. The van der Waals surface area contributed by atoms with Crippen LogP contribution in [0.2, 0.25) is 5.02 Å². The predicted molar refractivity (Wildman–Crippen MR) is 115 cm³/mol. The molecule has 0 bridgehead atoms. The first kappa shape index (κ1) is 19.1. The summed E-state index contributed by atoms with van der Waals surface area (Å²) < 4.78 is 13.5. The van der Waals surface area contributed by atoms with Crippen molar-refractivity contribution in [2.45, 2.75) is 13.0 Å². The van der Waals surface area contributed by atoms with Crippen LogP contribution in [0.1, 0.15) is 23.4 Å². The highest BCUT2D eigenvalue weighted by Gasteiger charge is 2.15. The molecule has 2 N–H and O–H groups in total. The second-order valence-corrected chi connectivity index (χ2v) is 7.73. The highest BCUT2D eigenvalue weighted by atomic mass is 35.5. The topological polar surface area (TPSA) is 73.6 Å². The van der Waals surface area contributed by atoms with Gasteiger partial charge in [0.05, 0.1) is 22.1 Å². The van der Waals surface area contributed by atoms with Gasteiger partial charge in [-0.05, 0) is 48.7 Å². The Morgan fingerprint density at radius 2 is 2.03 bits per heavy atom. The van der Waals surface area contributed by atoms with Crippen LogP contribution < -0.4 is 10.6 Å². The number of para-hydroxylation sites is 1. The minimum Gasteiger partial charge on any atom is -0.362 e. The Bertz CT molecular complexity index is 1220. The second-order valence-electron chi connectivity index (χ2n) is 6.34. The van der Waals surface area contributed by atoms with Crippen LogP contribution in [0.4, 0.5) is 21.8 Å². The van der Waals surface area contributed by atoms with Crippen LogP contribution in [0.3, 0.4) is 0 Å². The van der Waals surface area contributed by atoms with E-state index in [4.69, 9.17) is 11.6 Å². The molecule has 144 valence electrons. The molecule has 2 heterocycles. The van der Waals surface area contributed by atoms with Crippen LogP contribution in [0.5, 0.6) is 0 Å². The summed E-state index contributed by atoms with van der Waals surface area (Å²) >= 11 is 7.52. The molecule has 4 rings (SSSR count). The number of nitrogens with zero attached hydrogens (tertiary/aromatic N) is 3. The number of nitrogens with one attached hydrogen (secondary N) is 2. The fraction of sp³-hybridized carbons (Fsp3) is 0.0952. The lowest BCUT2D eigenvalue weighted by Crippen LogP contribution is -2.09. The van der Waals surface area contributed by atoms with Gasteiger partial charge in [-0.3, -0.25) is 0 Å². The smallest absolute Gasteiger partial charge is 0.229 e. The number of hydrogen-bond acceptors (Lipinski definition) is 6. The number of aromatic nitrogens is 2. The summed E-state index contributed by atoms with van der Waals surface area (Å²) in [5.41, 5.74) is 1.51. The van der Waals surface area contributed by atoms with E-state index in [1.54, 1.807) is 29.5 Å². The molecule has 0 aliphatic heterocycles. The third-order valence-corrected chi connectivity index (χ3v) is 5.69. The summed E-state index contributed by atoms with van der Waals surface area (Å²) in [4.78, 5) is 10.3. The molecule has 0 saturated heterocycles. The summed E-state index contributed by atoms with van der Waals surface area (Å²) in [7, 11) is 0. The van der Waals surface area contributed by atoms with Crippen LogP contribution in [0.25, 0.3) is 10.9 Å². The summed E-state index contributed by atoms with van der Waals surface area (Å²) in [6, 6.07) is 15.9. The first-order chi connectivity index (χ1) is 14.0. The van der Waals surface area contributed by atoms with E-state index < -0.39 is 5.82 Å². The van der Waals surface area contributed by atoms with Gasteiger partial charge in [0.2, 0.25) is 5.95 Å². The van der Waals surface area contributed by atoms with Crippen molar-refractivity contribution in [2.24, 2.45) is 0 Å². The summed E-state index contributed by atoms with van der Waals surface area (Å²) in [6.07, 6.45) is 0. The van der Waals surface area contributed by atoms with Crippen molar-refractivity contribution in [2.75, 3.05) is 10.6 Å². The minimum atomic E-state index is -0.504. The van der Waals surface area contributed by atoms with Gasteiger partial charge in [-0.2, -0.15) is 10.2 Å². The van der Waals surface area contributed by atoms with Crippen LogP contribution in [0, 0.1) is 17.1 Å². The van der Waals surface area contributed by atoms with Crippen LogP contribution in [-0.4, -0.2) is 9.97 Å². The van der Waals surface area contributed by atoms with Gasteiger partial charge < -0.3 is 10.6 Å². The molecule has 2 aromatic heterocycles. The van der Waals surface area contributed by atoms with E-state index in [0.29, 0.717) is 22.6 Å². The number of thiophene rings is 1. The normalized spacial score (nSPS) is 11.8. The Balaban J connectivity index is 1.78. The fourth-order valence-electron chi connectivity index (χ4n) is 2.93. The average molecular weight is 424 g/mol. The molecule has 0 fully saturated rings. The Hall–Kier alpha value is -3.21. The van der Waals surface area contributed by atoms with Crippen molar-refractivity contribution in [3.63, 3.8) is 0 Å². The SMILES string of the molecule is CC(Nc1nc(Nc2ccc(F)c(Cl)c2)nc2c(C#N)cccc12)c1cccs1. The Kier molecular flexibility index (Phi) is 5.30. The van der Waals surface area contributed by atoms with Crippen molar-refractivity contribution >= 4 is 51.3 Å². The third kappa shape index (κ3) is 3.99. The first-order valence-electron chi connectivity index (χ1n) is 8.78. The van der Waals surface area contributed by atoms with Gasteiger partial charge in [0.1, 0.15) is 17.7 Å². The molecule has 1 atom stereocenters. The molecular formula is C21H15ClFN5S. The second kappa shape index (κ2) is 8.03. The van der Waals surface area contributed by atoms with Crippen LogP contribution in [-0.2, 0) is 0 Å². The Labute approximate surface area is 175 Å². The zero-order valence-corrected chi connectivity index (χ0v) is 16.9. The Morgan fingerprint density at radius 1 is 1.17 bits per heavy atom. The van der Waals surface area contributed by atoms with E-state index in [1.165, 1.54) is 12.1 Å². The highest BCUT2D eigenvalue weighted by Crippen LogP contribution is 2.30. The molecular weight excluding hydrogens is 409 g/mol. The number of benzene rings is 2. The maximum absolute atomic E-state index is 13.5. The number of anilines is 3. The van der Waals surface area contributed by atoms with E-state index in [9.17, 15) is 9.65 Å². The lowest BCUT2D eigenvalue weighted by atomic mass is 10.1. The van der Waals surface area contributed by atoms with E-state index in [1.807, 2.05) is 30.5 Å². The quantitative estimate of drug-likeness (QED) is 0.395. The molecule has 0 amide bonds. The molecule has 0 aliphatic carbocycles. The van der Waals surface area contributed by atoms with Gasteiger partial charge in [0.25, 0.3) is 0 Å². The van der Waals surface area contributed by atoms with Gasteiger partial charge in [0, 0.05) is 16.0 Å². The maximum atomic E-state index is 13.5. The van der Waals surface area contributed by atoms with Gasteiger partial charge in [-0.1, -0.05) is 23.7 Å². The number of nitriles is 1. The third-order valence-electron chi connectivity index (χ3n) is 4.35. The average Bonchev–Trinajstić information content (AvgIpc) is 3.25. The van der Waals surface area contributed by atoms with Gasteiger partial charge in [-0.15, -0.1) is 11.3 Å². The standard InChI is InChI=1S/C21H15ClFN5S/c1-12(18-6-3-9-29-18)25-20-15-5-2-4-13(11-24)19(15)27-21(28-20)26-14-7-8-17(23)16(22)10-14/h2-10,12H,1H3,(H2,25,26,27,28). The van der Waals surface area contributed by atoms with Crippen molar-refractivity contribution in [1.82, 2.24) is 9.97 Å². The maximum Gasteiger partial charge on any atom is 0.229 e. The molecule has 0 radical (unpaired) electrons. The molecule has 29 heavy (non-hydrogen) atoms. The lowest BCUT2D eigenvalue weighted by Gasteiger charge is -2.16. The van der Waals surface area contributed by atoms with Crippen molar-refractivity contribution in [1.29, 1.82) is 5.26 Å². The molecule has 1 unspecified atom stereocenters. The summed E-state index contributed by atoms with van der Waals surface area (Å²) in [6.45, 7) is 2.04.